The minimum absolute atomic E-state index is 0.0553. The number of nitro groups is 1. The average Bonchev–Trinajstić information content (AvgIpc) is 3.47. The van der Waals surface area contributed by atoms with E-state index in [1.807, 2.05) is 6.92 Å². The Morgan fingerprint density at radius 2 is 2.10 bits per heavy atom. The molecule has 2 N–H and O–H groups in total. The van der Waals surface area contributed by atoms with E-state index in [-0.39, 0.29) is 23.7 Å². The van der Waals surface area contributed by atoms with E-state index in [0.29, 0.717) is 24.4 Å². The lowest BCUT2D eigenvalue weighted by Crippen LogP contribution is -2.29. The number of furan rings is 1. The summed E-state index contributed by atoms with van der Waals surface area (Å²) in [6.45, 7) is 5.92. The van der Waals surface area contributed by atoms with Crippen molar-refractivity contribution in [1.82, 2.24) is 24.9 Å². The van der Waals surface area contributed by atoms with Crippen LogP contribution in [-0.4, -0.2) is 36.3 Å². The topological polar surface area (TPSA) is 150 Å². The molecule has 12 heteroatoms. The molecule has 1 unspecified atom stereocenters. The van der Waals surface area contributed by atoms with E-state index in [1.54, 1.807) is 32.2 Å². The lowest BCUT2D eigenvalue weighted by atomic mass is 10.2. The minimum atomic E-state index is -0.794. The Balaban J connectivity index is 1.80. The van der Waals surface area contributed by atoms with Crippen molar-refractivity contribution < 1.29 is 18.9 Å². The van der Waals surface area contributed by atoms with Gasteiger partial charge in [-0.25, -0.2) is 0 Å². The van der Waals surface area contributed by atoms with Gasteiger partial charge in [-0.1, -0.05) is 6.92 Å². The summed E-state index contributed by atoms with van der Waals surface area (Å²) in [5, 5.41) is 24.6. The molecular formula is C19H23N7O5. The number of nitrogens with one attached hydrogen (secondary N) is 2. The Bertz CT molecular complexity index is 1080. The molecule has 31 heavy (non-hydrogen) atoms. The van der Waals surface area contributed by atoms with Crippen LogP contribution < -0.4 is 10.6 Å². The van der Waals surface area contributed by atoms with Crippen LogP contribution in [0.15, 0.2) is 35.1 Å². The third-order valence-electron chi connectivity index (χ3n) is 4.64. The lowest BCUT2D eigenvalue weighted by molar-refractivity contribution is -0.389. The molecule has 0 saturated heterocycles. The first-order valence-electron chi connectivity index (χ1n) is 9.73. The highest BCUT2D eigenvalue weighted by Gasteiger charge is 2.28. The Morgan fingerprint density at radius 3 is 2.68 bits per heavy atom. The first-order chi connectivity index (χ1) is 14.8. The molecular weight excluding hydrogens is 406 g/mol. The number of anilines is 1. The fourth-order valence-corrected chi connectivity index (χ4v) is 3.07. The second-order valence-electron chi connectivity index (χ2n) is 6.77. The summed E-state index contributed by atoms with van der Waals surface area (Å²) in [5.41, 5.74) is 0.774. The van der Waals surface area contributed by atoms with Gasteiger partial charge in [0.05, 0.1) is 35.4 Å². The maximum absolute atomic E-state index is 13.0. The number of carbonyl (C=O) groups is 2. The number of rotatable bonds is 9. The number of aryl methyl sites for hydroxylation is 2. The number of aromatic nitrogens is 4. The van der Waals surface area contributed by atoms with Crippen LogP contribution >= 0.6 is 0 Å². The van der Waals surface area contributed by atoms with E-state index in [0.717, 1.165) is 0 Å². The normalized spacial score (nSPS) is 11.8. The van der Waals surface area contributed by atoms with Crippen molar-refractivity contribution in [2.75, 3.05) is 5.32 Å². The predicted molar refractivity (Wildman–Crippen MR) is 109 cm³/mol. The van der Waals surface area contributed by atoms with Gasteiger partial charge >= 0.3 is 5.82 Å². The molecule has 0 aliphatic carbocycles. The third kappa shape index (κ3) is 4.79. The summed E-state index contributed by atoms with van der Waals surface area (Å²) in [7, 11) is 0. The van der Waals surface area contributed by atoms with Crippen LogP contribution in [0, 0.1) is 17.0 Å². The smallest absolute Gasteiger partial charge is 0.390 e. The van der Waals surface area contributed by atoms with E-state index < -0.39 is 22.8 Å². The molecule has 12 nitrogen and oxygen atoms in total. The number of nitrogens with zero attached hydrogens (tertiary/aromatic N) is 5. The summed E-state index contributed by atoms with van der Waals surface area (Å²) in [6.07, 6.45) is 3.41. The zero-order valence-corrected chi connectivity index (χ0v) is 17.4. The van der Waals surface area contributed by atoms with Crippen LogP contribution in [0.3, 0.4) is 0 Å². The zero-order valence-electron chi connectivity index (χ0n) is 17.4. The van der Waals surface area contributed by atoms with Crippen LogP contribution in [0.5, 0.6) is 0 Å². The van der Waals surface area contributed by atoms with E-state index in [1.165, 1.54) is 21.7 Å². The first kappa shape index (κ1) is 21.7. The summed E-state index contributed by atoms with van der Waals surface area (Å²) >= 11 is 0. The maximum Gasteiger partial charge on any atom is 0.390 e. The molecule has 3 rings (SSSR count). The number of hydrogen-bond acceptors (Lipinski definition) is 7. The largest absolute Gasteiger partial charge is 0.467 e. The van der Waals surface area contributed by atoms with Crippen molar-refractivity contribution in [3.05, 3.63) is 57.9 Å². The van der Waals surface area contributed by atoms with Gasteiger partial charge in [0.2, 0.25) is 0 Å². The minimum Gasteiger partial charge on any atom is -0.467 e. The molecule has 1 atom stereocenters. The molecule has 0 spiro atoms. The molecule has 0 aromatic carbocycles. The first-order valence-corrected chi connectivity index (χ1v) is 9.73. The molecule has 3 aromatic heterocycles. The molecule has 0 bridgehead atoms. The predicted octanol–water partition coefficient (Wildman–Crippen LogP) is 2.43. The monoisotopic (exact) mass is 429 g/mol. The van der Waals surface area contributed by atoms with Gasteiger partial charge in [-0.15, -0.1) is 0 Å². The van der Waals surface area contributed by atoms with Crippen molar-refractivity contribution in [3.63, 3.8) is 0 Å². The van der Waals surface area contributed by atoms with Crippen molar-refractivity contribution in [2.24, 2.45) is 0 Å². The van der Waals surface area contributed by atoms with Gasteiger partial charge in [0, 0.05) is 12.7 Å². The highest BCUT2D eigenvalue weighted by Crippen LogP contribution is 2.22. The molecule has 2 amide bonds. The molecule has 3 heterocycles. The molecule has 0 radical (unpaired) electrons. The maximum atomic E-state index is 13.0. The second-order valence-corrected chi connectivity index (χ2v) is 6.77. The van der Waals surface area contributed by atoms with Gasteiger partial charge in [-0.2, -0.15) is 9.78 Å². The molecule has 164 valence electrons. The fraction of sp³-hybridized carbons (Fsp3) is 0.368. The standard InChI is InChI=1S/C19H23N7O5/c1-4-15(25-12(3)9-16(22-25)26(29)30)18(27)21-14-11-24(5-2)23-17(14)19(28)20-10-13-7-6-8-31-13/h6-9,11,15H,4-5,10H2,1-3H3,(H,20,28)(H,21,27). The summed E-state index contributed by atoms with van der Waals surface area (Å²) < 4.78 is 8.04. The van der Waals surface area contributed by atoms with E-state index in [2.05, 4.69) is 20.8 Å². The molecule has 0 fully saturated rings. The van der Waals surface area contributed by atoms with Crippen molar-refractivity contribution >= 4 is 23.3 Å². The lowest BCUT2D eigenvalue weighted by Gasteiger charge is -2.14. The van der Waals surface area contributed by atoms with Crippen LogP contribution in [0.1, 0.15) is 48.3 Å². The van der Waals surface area contributed by atoms with Gasteiger partial charge in [0.25, 0.3) is 11.8 Å². The quantitative estimate of drug-likeness (QED) is 0.392. The Kier molecular flexibility index (Phi) is 6.48. The summed E-state index contributed by atoms with van der Waals surface area (Å²) in [5.74, 6) is -0.687. The van der Waals surface area contributed by atoms with Crippen LogP contribution in [0.25, 0.3) is 0 Å². The van der Waals surface area contributed by atoms with E-state index in [4.69, 9.17) is 4.42 Å². The third-order valence-corrected chi connectivity index (χ3v) is 4.64. The highest BCUT2D eigenvalue weighted by molar-refractivity contribution is 6.03. The van der Waals surface area contributed by atoms with E-state index in [9.17, 15) is 19.7 Å². The van der Waals surface area contributed by atoms with Gasteiger partial charge in [-0.05, 0) is 37.3 Å². The second kappa shape index (κ2) is 9.24. The van der Waals surface area contributed by atoms with Crippen LogP contribution in [0.4, 0.5) is 11.5 Å². The SMILES string of the molecule is CCC(C(=O)Nc1cn(CC)nc1C(=O)NCc1ccco1)n1nc([N+](=O)[O-])cc1C. The Morgan fingerprint density at radius 1 is 1.32 bits per heavy atom. The average molecular weight is 429 g/mol. The number of carbonyl (C=O) groups excluding carboxylic acids is 2. The Hall–Kier alpha value is -3.96. The van der Waals surface area contributed by atoms with Crippen molar-refractivity contribution in [2.45, 2.75) is 46.3 Å². The molecule has 0 aliphatic rings. The van der Waals surface area contributed by atoms with Gasteiger partial charge < -0.3 is 25.2 Å². The summed E-state index contributed by atoms with van der Waals surface area (Å²) in [4.78, 5) is 36.0. The molecule has 0 saturated carbocycles. The van der Waals surface area contributed by atoms with E-state index >= 15 is 0 Å². The van der Waals surface area contributed by atoms with Crippen LogP contribution in [-0.2, 0) is 17.9 Å². The summed E-state index contributed by atoms with van der Waals surface area (Å²) in [6, 6.07) is 3.95. The van der Waals surface area contributed by atoms with Crippen LogP contribution in [0.2, 0.25) is 0 Å². The molecule has 0 aliphatic heterocycles. The van der Waals surface area contributed by atoms with Crippen molar-refractivity contribution in [3.8, 4) is 0 Å². The Labute approximate surface area is 177 Å². The highest BCUT2D eigenvalue weighted by atomic mass is 16.6. The van der Waals surface area contributed by atoms with Crippen molar-refractivity contribution in [1.29, 1.82) is 0 Å². The van der Waals surface area contributed by atoms with Gasteiger partial charge in [-0.3, -0.25) is 14.3 Å². The number of hydrogen-bond donors (Lipinski definition) is 2. The number of amides is 2. The zero-order chi connectivity index (χ0) is 22.5. The van der Waals surface area contributed by atoms with Gasteiger partial charge in [0.15, 0.2) is 11.7 Å². The van der Waals surface area contributed by atoms with Gasteiger partial charge in [0.1, 0.15) is 5.76 Å². The fourth-order valence-electron chi connectivity index (χ4n) is 3.07. The molecule has 3 aromatic rings.